The Labute approximate surface area is 290 Å². The summed E-state index contributed by atoms with van der Waals surface area (Å²) in [5.74, 6) is -1.64. The van der Waals surface area contributed by atoms with Crippen LogP contribution in [0.2, 0.25) is 0 Å². The Morgan fingerprint density at radius 2 is 1.69 bits per heavy atom. The van der Waals surface area contributed by atoms with Crippen LogP contribution in [0.15, 0.2) is 59.6 Å². The molecule has 3 rings (SSSR count). The average molecular weight is 678 g/mol. The summed E-state index contributed by atoms with van der Waals surface area (Å²) in [5.41, 5.74) is 19.1. The number of aliphatic imine (C=N–C) groups is 1. The molecule has 1 heterocycles. The molecule has 13 heteroatoms. The normalized spacial score (nSPS) is 16.6. The summed E-state index contributed by atoms with van der Waals surface area (Å²) in [6, 6.07) is 14.9. The standard InChI is InChI=1S/C36H55N9O4/c1-24(2)19-29(21-32(46)44(4)31(33(37)47)20-26-9-6-5-7-10-26)42-35(49)30(11-8-16-41-36(38)39)43-34(48)28-14-12-27(13-15-28)23-45-18-17-40-22-25(45)3/h5-7,9-10,12-15,24-25,29-31,40H,8,11,16-23H2,1-4H3,(H2,37,47)(H,42,49)(H,43,48)(H4,38,39,41)/t25-,29?,30+,31+/m1/s1. The van der Waals surface area contributed by atoms with E-state index in [2.05, 4.69) is 32.8 Å². The van der Waals surface area contributed by atoms with Gasteiger partial charge in [-0.15, -0.1) is 0 Å². The number of hydrogen-bond acceptors (Lipinski definition) is 7. The second-order valence-corrected chi connectivity index (χ2v) is 13.3. The fourth-order valence-corrected chi connectivity index (χ4v) is 5.99. The lowest BCUT2D eigenvalue weighted by atomic mass is 9.98. The number of piperazine rings is 1. The number of nitrogens with one attached hydrogen (secondary N) is 3. The molecule has 0 aromatic heterocycles. The van der Waals surface area contributed by atoms with Crippen LogP contribution in [0.4, 0.5) is 0 Å². The Bertz CT molecular complexity index is 1400. The van der Waals surface area contributed by atoms with Crippen LogP contribution in [0.5, 0.6) is 0 Å². The van der Waals surface area contributed by atoms with Crippen LogP contribution < -0.4 is 33.2 Å². The summed E-state index contributed by atoms with van der Waals surface area (Å²) >= 11 is 0. The van der Waals surface area contributed by atoms with E-state index < -0.39 is 29.9 Å². The highest BCUT2D eigenvalue weighted by Crippen LogP contribution is 2.15. The molecule has 1 fully saturated rings. The van der Waals surface area contributed by atoms with Gasteiger partial charge in [-0.05, 0) is 55.4 Å². The lowest BCUT2D eigenvalue weighted by Crippen LogP contribution is -2.52. The van der Waals surface area contributed by atoms with E-state index in [-0.39, 0.29) is 49.5 Å². The zero-order valence-corrected chi connectivity index (χ0v) is 29.4. The van der Waals surface area contributed by atoms with Crippen molar-refractivity contribution in [1.29, 1.82) is 0 Å². The Kier molecular flexibility index (Phi) is 15.5. The molecule has 9 N–H and O–H groups in total. The minimum Gasteiger partial charge on any atom is -0.370 e. The van der Waals surface area contributed by atoms with Gasteiger partial charge >= 0.3 is 0 Å². The highest BCUT2D eigenvalue weighted by Gasteiger charge is 2.30. The zero-order valence-electron chi connectivity index (χ0n) is 29.4. The van der Waals surface area contributed by atoms with Gasteiger partial charge in [-0.2, -0.15) is 0 Å². The van der Waals surface area contributed by atoms with Gasteiger partial charge in [0.25, 0.3) is 5.91 Å². The van der Waals surface area contributed by atoms with Crippen molar-refractivity contribution >= 4 is 29.6 Å². The van der Waals surface area contributed by atoms with E-state index in [0.29, 0.717) is 24.4 Å². The predicted octanol–water partition coefficient (Wildman–Crippen LogP) is 1.11. The van der Waals surface area contributed by atoms with Crippen molar-refractivity contribution < 1.29 is 19.2 Å². The maximum atomic E-state index is 13.8. The second-order valence-electron chi connectivity index (χ2n) is 13.3. The van der Waals surface area contributed by atoms with Gasteiger partial charge in [0.05, 0.1) is 0 Å². The molecule has 0 saturated carbocycles. The summed E-state index contributed by atoms with van der Waals surface area (Å²) in [6.45, 7) is 10.1. The molecule has 1 unspecified atom stereocenters. The number of guanidine groups is 1. The lowest BCUT2D eigenvalue weighted by Gasteiger charge is -2.33. The minimum absolute atomic E-state index is 0.0409. The molecule has 1 aliphatic rings. The monoisotopic (exact) mass is 677 g/mol. The second kappa shape index (κ2) is 19.5. The molecule has 1 aliphatic heterocycles. The quantitative estimate of drug-likeness (QED) is 0.0765. The van der Waals surface area contributed by atoms with Crippen molar-refractivity contribution in [1.82, 2.24) is 25.8 Å². The molecular weight excluding hydrogens is 622 g/mol. The number of primary amides is 1. The van der Waals surface area contributed by atoms with E-state index >= 15 is 0 Å². The van der Waals surface area contributed by atoms with E-state index in [1.165, 1.54) is 4.90 Å². The topological polar surface area (TPSA) is 201 Å². The number of hydrogen-bond donors (Lipinski definition) is 6. The Morgan fingerprint density at radius 1 is 1.00 bits per heavy atom. The zero-order chi connectivity index (χ0) is 35.9. The number of rotatable bonds is 18. The number of benzene rings is 2. The average Bonchev–Trinajstić information content (AvgIpc) is 3.05. The Hall–Kier alpha value is -4.49. The smallest absolute Gasteiger partial charge is 0.251 e. The van der Waals surface area contributed by atoms with Crippen LogP contribution in [0, 0.1) is 5.92 Å². The van der Waals surface area contributed by atoms with Crippen molar-refractivity contribution in [3.05, 3.63) is 71.3 Å². The first-order valence-corrected chi connectivity index (χ1v) is 17.1. The molecule has 2 aromatic carbocycles. The van der Waals surface area contributed by atoms with Crippen molar-refractivity contribution in [2.75, 3.05) is 33.2 Å². The first-order valence-electron chi connectivity index (χ1n) is 17.1. The summed E-state index contributed by atoms with van der Waals surface area (Å²) in [6.07, 6.45) is 1.46. The van der Waals surface area contributed by atoms with Gasteiger partial charge < -0.3 is 38.1 Å². The molecule has 49 heavy (non-hydrogen) atoms. The Balaban J connectivity index is 1.70. The molecule has 2 aromatic rings. The van der Waals surface area contributed by atoms with E-state index in [9.17, 15) is 19.2 Å². The van der Waals surface area contributed by atoms with Crippen molar-refractivity contribution in [3.63, 3.8) is 0 Å². The predicted molar refractivity (Wildman–Crippen MR) is 192 cm³/mol. The molecule has 0 radical (unpaired) electrons. The first kappa shape index (κ1) is 39.0. The van der Waals surface area contributed by atoms with E-state index in [0.717, 1.165) is 37.3 Å². The van der Waals surface area contributed by atoms with Crippen LogP contribution >= 0.6 is 0 Å². The molecule has 0 bridgehead atoms. The third kappa shape index (κ3) is 13.1. The molecule has 4 amide bonds. The maximum Gasteiger partial charge on any atom is 0.251 e. The molecular formula is C36H55N9O4. The fourth-order valence-electron chi connectivity index (χ4n) is 5.99. The number of carbonyl (C=O) groups excluding carboxylic acids is 4. The van der Waals surface area contributed by atoms with Crippen LogP contribution in [0.3, 0.4) is 0 Å². The van der Waals surface area contributed by atoms with Crippen molar-refractivity contribution in [3.8, 4) is 0 Å². The first-order chi connectivity index (χ1) is 23.3. The van der Waals surface area contributed by atoms with E-state index in [1.54, 1.807) is 19.2 Å². The van der Waals surface area contributed by atoms with Crippen LogP contribution in [0.1, 0.15) is 67.9 Å². The minimum atomic E-state index is -0.901. The summed E-state index contributed by atoms with van der Waals surface area (Å²) in [4.78, 5) is 60.8. The molecule has 4 atom stereocenters. The fraction of sp³-hybridized carbons (Fsp3) is 0.528. The molecule has 13 nitrogen and oxygen atoms in total. The highest BCUT2D eigenvalue weighted by atomic mass is 16.2. The lowest BCUT2D eigenvalue weighted by molar-refractivity contribution is -0.138. The summed E-state index contributed by atoms with van der Waals surface area (Å²) in [7, 11) is 1.55. The SMILES string of the molecule is CC(C)CC(CC(=O)N(C)[C@@H](Cc1ccccc1)C(N)=O)NC(=O)[C@H](CCCN=C(N)N)NC(=O)c1ccc(CN2CCNC[C@H]2C)cc1. The van der Waals surface area contributed by atoms with Crippen LogP contribution in [0.25, 0.3) is 0 Å². The van der Waals surface area contributed by atoms with Gasteiger partial charge in [-0.25, -0.2) is 0 Å². The Morgan fingerprint density at radius 3 is 2.31 bits per heavy atom. The number of likely N-dealkylation sites (N-methyl/N-ethyl adjacent to an activating group) is 1. The van der Waals surface area contributed by atoms with Gasteiger partial charge in [0, 0.05) is 70.3 Å². The van der Waals surface area contributed by atoms with Gasteiger partial charge in [-0.3, -0.25) is 29.1 Å². The van der Waals surface area contributed by atoms with Gasteiger partial charge in [0.15, 0.2) is 5.96 Å². The highest BCUT2D eigenvalue weighted by molar-refractivity contribution is 5.97. The van der Waals surface area contributed by atoms with E-state index in [1.807, 2.05) is 56.3 Å². The third-order valence-electron chi connectivity index (χ3n) is 8.79. The molecule has 268 valence electrons. The van der Waals surface area contributed by atoms with Crippen molar-refractivity contribution in [2.45, 2.75) is 83.6 Å². The molecule has 0 spiro atoms. The third-order valence-corrected chi connectivity index (χ3v) is 8.79. The van der Waals surface area contributed by atoms with Crippen LogP contribution in [-0.4, -0.2) is 96.8 Å². The molecule has 0 aliphatic carbocycles. The largest absolute Gasteiger partial charge is 0.370 e. The van der Waals surface area contributed by atoms with E-state index in [4.69, 9.17) is 17.2 Å². The van der Waals surface area contributed by atoms with Gasteiger partial charge in [0.2, 0.25) is 17.7 Å². The van der Waals surface area contributed by atoms with Gasteiger partial charge in [0.1, 0.15) is 12.1 Å². The summed E-state index contributed by atoms with van der Waals surface area (Å²) < 4.78 is 0. The molecule has 1 saturated heterocycles. The number of amides is 4. The van der Waals surface area contributed by atoms with Gasteiger partial charge in [-0.1, -0.05) is 56.3 Å². The van der Waals surface area contributed by atoms with Crippen molar-refractivity contribution in [2.24, 2.45) is 28.1 Å². The number of carbonyl (C=O) groups is 4. The maximum absolute atomic E-state index is 13.8. The van der Waals surface area contributed by atoms with Crippen LogP contribution in [-0.2, 0) is 27.3 Å². The summed E-state index contributed by atoms with van der Waals surface area (Å²) in [5, 5.41) is 9.29. The number of nitrogens with zero attached hydrogens (tertiary/aromatic N) is 3. The number of nitrogens with two attached hydrogens (primary N) is 3.